The van der Waals surface area contributed by atoms with Crippen LogP contribution in [0.2, 0.25) is 0 Å². The Morgan fingerprint density at radius 3 is 2.72 bits per heavy atom. The van der Waals surface area contributed by atoms with Crippen molar-refractivity contribution in [3.05, 3.63) is 29.8 Å². The maximum atomic E-state index is 11.7. The molecule has 0 aliphatic carbocycles. The van der Waals surface area contributed by atoms with Crippen molar-refractivity contribution in [1.82, 2.24) is 20.4 Å². The molecule has 0 saturated carbocycles. The lowest BCUT2D eigenvalue weighted by molar-refractivity contribution is -0.130. The number of hydrogen-bond acceptors (Lipinski definition) is 4. The van der Waals surface area contributed by atoms with E-state index in [9.17, 15) is 4.79 Å². The van der Waals surface area contributed by atoms with Crippen LogP contribution in [0.5, 0.6) is 5.75 Å². The maximum Gasteiger partial charge on any atom is 0.259 e. The highest BCUT2D eigenvalue weighted by Gasteiger charge is 2.14. The fourth-order valence-electron chi connectivity index (χ4n) is 3.22. The van der Waals surface area contributed by atoms with Gasteiger partial charge in [-0.15, -0.1) is 0 Å². The van der Waals surface area contributed by atoms with Gasteiger partial charge in [-0.05, 0) is 62.5 Å². The first-order valence-corrected chi connectivity index (χ1v) is 10.6. The van der Waals surface area contributed by atoms with Gasteiger partial charge in [0.25, 0.3) is 5.91 Å². The Kier molecular flexibility index (Phi) is 9.77. The highest BCUT2D eigenvalue weighted by Crippen LogP contribution is 2.16. The second-order valence-corrected chi connectivity index (χ2v) is 7.95. The number of carbonyl (C=O) groups excluding carboxylic acids is 1. The number of guanidine groups is 1. The Labute approximate surface area is 175 Å². The largest absolute Gasteiger partial charge is 0.484 e. The maximum absolute atomic E-state index is 11.7. The first-order valence-electron chi connectivity index (χ1n) is 10.6. The SMILES string of the molecule is CN=C(NCCCN1CCC(C)CC1)NCc1cccc(OCC(=O)N(C)C)c1. The molecule has 7 nitrogen and oxygen atoms in total. The summed E-state index contributed by atoms with van der Waals surface area (Å²) in [7, 11) is 5.23. The van der Waals surface area contributed by atoms with Gasteiger partial charge in [0.1, 0.15) is 5.75 Å². The molecule has 0 bridgehead atoms. The normalized spacial score (nSPS) is 15.8. The standard InChI is InChI=1S/C22H37N5O2/c1-18-9-13-27(14-10-18)12-6-11-24-22(23-2)25-16-19-7-5-8-20(15-19)29-17-21(28)26(3)4/h5,7-8,15,18H,6,9-14,16-17H2,1-4H3,(H2,23,24,25). The van der Waals surface area contributed by atoms with Gasteiger partial charge in [0, 0.05) is 34.2 Å². The van der Waals surface area contributed by atoms with Gasteiger partial charge in [0.2, 0.25) is 0 Å². The van der Waals surface area contributed by atoms with Gasteiger partial charge in [-0.3, -0.25) is 9.79 Å². The lowest BCUT2D eigenvalue weighted by atomic mass is 9.99. The van der Waals surface area contributed by atoms with E-state index < -0.39 is 0 Å². The average molecular weight is 404 g/mol. The van der Waals surface area contributed by atoms with Crippen LogP contribution in [0.25, 0.3) is 0 Å². The summed E-state index contributed by atoms with van der Waals surface area (Å²) in [6.07, 6.45) is 3.75. The van der Waals surface area contributed by atoms with E-state index in [0.29, 0.717) is 12.3 Å². The van der Waals surface area contributed by atoms with Crippen LogP contribution in [-0.2, 0) is 11.3 Å². The number of likely N-dealkylation sites (tertiary alicyclic amines) is 1. The zero-order chi connectivity index (χ0) is 21.1. The Morgan fingerprint density at radius 1 is 1.28 bits per heavy atom. The van der Waals surface area contributed by atoms with Crippen molar-refractivity contribution in [2.45, 2.75) is 32.7 Å². The van der Waals surface area contributed by atoms with Gasteiger partial charge in [-0.25, -0.2) is 0 Å². The van der Waals surface area contributed by atoms with Gasteiger partial charge in [0.15, 0.2) is 12.6 Å². The molecule has 162 valence electrons. The number of rotatable bonds is 9. The van der Waals surface area contributed by atoms with E-state index in [0.717, 1.165) is 37.0 Å². The first kappa shape index (κ1) is 23.0. The first-order chi connectivity index (χ1) is 14.0. The van der Waals surface area contributed by atoms with Crippen molar-refractivity contribution in [3.63, 3.8) is 0 Å². The second kappa shape index (κ2) is 12.3. The lowest BCUT2D eigenvalue weighted by Crippen LogP contribution is -2.39. The predicted molar refractivity (Wildman–Crippen MR) is 118 cm³/mol. The third-order valence-corrected chi connectivity index (χ3v) is 5.26. The number of hydrogen-bond donors (Lipinski definition) is 2. The molecular formula is C22H37N5O2. The Morgan fingerprint density at radius 2 is 2.03 bits per heavy atom. The van der Waals surface area contributed by atoms with Crippen LogP contribution in [0.3, 0.4) is 0 Å². The van der Waals surface area contributed by atoms with Crippen molar-refractivity contribution < 1.29 is 9.53 Å². The molecule has 29 heavy (non-hydrogen) atoms. The molecule has 2 rings (SSSR count). The average Bonchev–Trinajstić information content (AvgIpc) is 2.73. The molecule has 1 aliphatic rings. The molecule has 1 aromatic carbocycles. The highest BCUT2D eigenvalue weighted by atomic mass is 16.5. The summed E-state index contributed by atoms with van der Waals surface area (Å²) in [4.78, 5) is 20.0. The number of nitrogens with one attached hydrogen (secondary N) is 2. The van der Waals surface area contributed by atoms with Crippen molar-refractivity contribution in [2.24, 2.45) is 10.9 Å². The van der Waals surface area contributed by atoms with Crippen LogP contribution in [-0.4, -0.2) is 75.6 Å². The van der Waals surface area contributed by atoms with E-state index in [1.54, 1.807) is 21.1 Å². The van der Waals surface area contributed by atoms with Crippen molar-refractivity contribution >= 4 is 11.9 Å². The smallest absolute Gasteiger partial charge is 0.259 e. The quantitative estimate of drug-likeness (QED) is 0.375. The fraction of sp³-hybridized carbons (Fsp3) is 0.636. The minimum atomic E-state index is -0.0582. The number of carbonyl (C=O) groups is 1. The number of piperidine rings is 1. The molecule has 7 heteroatoms. The van der Waals surface area contributed by atoms with E-state index in [2.05, 4.69) is 27.4 Å². The summed E-state index contributed by atoms with van der Waals surface area (Å²) >= 11 is 0. The van der Waals surface area contributed by atoms with E-state index >= 15 is 0 Å². The summed E-state index contributed by atoms with van der Waals surface area (Å²) < 4.78 is 5.58. The Hall–Kier alpha value is -2.28. The minimum absolute atomic E-state index is 0.0447. The zero-order valence-electron chi connectivity index (χ0n) is 18.4. The van der Waals surface area contributed by atoms with Gasteiger partial charge in [0.05, 0.1) is 0 Å². The Balaban J connectivity index is 1.68. The van der Waals surface area contributed by atoms with Crippen molar-refractivity contribution in [2.75, 3.05) is 53.9 Å². The Bertz CT molecular complexity index is 654. The number of benzene rings is 1. The third kappa shape index (κ3) is 8.73. The summed E-state index contributed by atoms with van der Waals surface area (Å²) in [5.41, 5.74) is 1.07. The van der Waals surface area contributed by atoms with E-state index in [-0.39, 0.29) is 12.5 Å². The van der Waals surface area contributed by atoms with Gasteiger partial charge in [-0.1, -0.05) is 19.1 Å². The van der Waals surface area contributed by atoms with Crippen molar-refractivity contribution in [3.8, 4) is 5.75 Å². The molecule has 0 spiro atoms. The van der Waals surface area contributed by atoms with Crippen LogP contribution in [0.15, 0.2) is 29.3 Å². The van der Waals surface area contributed by atoms with E-state index in [4.69, 9.17) is 4.74 Å². The number of amides is 1. The van der Waals surface area contributed by atoms with Crippen LogP contribution in [0.4, 0.5) is 0 Å². The monoisotopic (exact) mass is 403 g/mol. The lowest BCUT2D eigenvalue weighted by Gasteiger charge is -2.30. The predicted octanol–water partition coefficient (Wildman–Crippen LogP) is 1.94. The molecule has 2 N–H and O–H groups in total. The molecule has 1 heterocycles. The molecule has 1 saturated heterocycles. The topological polar surface area (TPSA) is 69.2 Å². The number of likely N-dealkylation sites (N-methyl/N-ethyl adjacent to an activating group) is 1. The molecule has 0 atom stereocenters. The number of nitrogens with zero attached hydrogens (tertiary/aromatic N) is 3. The van der Waals surface area contributed by atoms with Gasteiger partial charge >= 0.3 is 0 Å². The third-order valence-electron chi connectivity index (χ3n) is 5.26. The minimum Gasteiger partial charge on any atom is -0.484 e. The van der Waals surface area contributed by atoms with E-state index in [1.165, 1.54) is 30.8 Å². The second-order valence-electron chi connectivity index (χ2n) is 7.95. The summed E-state index contributed by atoms with van der Waals surface area (Å²) in [5, 5.41) is 6.72. The summed E-state index contributed by atoms with van der Waals surface area (Å²) in [5.74, 6) is 2.31. The van der Waals surface area contributed by atoms with Crippen LogP contribution in [0, 0.1) is 5.92 Å². The fourth-order valence-corrected chi connectivity index (χ4v) is 3.22. The molecule has 0 unspecified atom stereocenters. The van der Waals surface area contributed by atoms with Crippen LogP contribution >= 0.6 is 0 Å². The molecular weight excluding hydrogens is 366 g/mol. The van der Waals surface area contributed by atoms with Crippen LogP contribution in [0.1, 0.15) is 31.7 Å². The summed E-state index contributed by atoms with van der Waals surface area (Å²) in [6.45, 7) is 7.54. The zero-order valence-corrected chi connectivity index (χ0v) is 18.4. The molecule has 1 fully saturated rings. The molecule has 1 aliphatic heterocycles. The molecule has 0 radical (unpaired) electrons. The van der Waals surface area contributed by atoms with Crippen molar-refractivity contribution in [1.29, 1.82) is 0 Å². The number of aliphatic imine (C=N–C) groups is 1. The molecule has 0 aromatic heterocycles. The number of ether oxygens (including phenoxy) is 1. The van der Waals surface area contributed by atoms with Gasteiger partial charge in [-0.2, -0.15) is 0 Å². The van der Waals surface area contributed by atoms with Gasteiger partial charge < -0.3 is 25.2 Å². The molecule has 1 amide bonds. The summed E-state index contributed by atoms with van der Waals surface area (Å²) in [6, 6.07) is 7.77. The van der Waals surface area contributed by atoms with Crippen LogP contribution < -0.4 is 15.4 Å². The molecule has 1 aromatic rings. The van der Waals surface area contributed by atoms with E-state index in [1.807, 2.05) is 24.3 Å². The highest BCUT2D eigenvalue weighted by molar-refractivity contribution is 5.79.